The number of pyridine rings is 1. The molecule has 27 heavy (non-hydrogen) atoms. The second kappa shape index (κ2) is 7.41. The summed E-state index contributed by atoms with van der Waals surface area (Å²) in [5.41, 5.74) is 3.57. The summed E-state index contributed by atoms with van der Waals surface area (Å²) in [6.45, 7) is 1.95. The van der Waals surface area contributed by atoms with Crippen molar-refractivity contribution in [3.63, 3.8) is 0 Å². The maximum Gasteiger partial charge on any atom is 0.311 e. The van der Waals surface area contributed by atoms with Crippen molar-refractivity contribution in [3.05, 3.63) is 72.9 Å². The average Bonchev–Trinajstić information content (AvgIpc) is 3.09. The van der Waals surface area contributed by atoms with Gasteiger partial charge in [-0.25, -0.2) is 9.67 Å². The first kappa shape index (κ1) is 17.0. The summed E-state index contributed by atoms with van der Waals surface area (Å²) < 4.78 is 7.14. The van der Waals surface area contributed by atoms with Crippen molar-refractivity contribution < 1.29 is 9.53 Å². The highest BCUT2D eigenvalue weighted by molar-refractivity contribution is 5.91. The Balaban J connectivity index is 1.73. The summed E-state index contributed by atoms with van der Waals surface area (Å²) in [5, 5.41) is 5.78. The van der Waals surface area contributed by atoms with Crippen LogP contribution in [0.5, 0.6) is 5.75 Å². The molecule has 0 aliphatic rings. The molecule has 5 heteroatoms. The van der Waals surface area contributed by atoms with Gasteiger partial charge in [-0.1, -0.05) is 37.3 Å². The molecule has 0 bridgehead atoms. The summed E-state index contributed by atoms with van der Waals surface area (Å²) in [4.78, 5) is 16.2. The number of ether oxygens (including phenoxy) is 1. The van der Waals surface area contributed by atoms with Crippen molar-refractivity contribution in [2.24, 2.45) is 0 Å². The van der Waals surface area contributed by atoms with Crippen LogP contribution in [0.3, 0.4) is 0 Å². The van der Waals surface area contributed by atoms with E-state index in [-0.39, 0.29) is 5.97 Å². The monoisotopic (exact) mass is 357 g/mol. The number of benzene rings is 2. The fraction of sp³-hybridized carbons (Fsp3) is 0.136. The Labute approximate surface area is 157 Å². The van der Waals surface area contributed by atoms with Gasteiger partial charge in [-0.2, -0.15) is 5.10 Å². The van der Waals surface area contributed by atoms with Gasteiger partial charge in [0.05, 0.1) is 5.69 Å². The third-order valence-electron chi connectivity index (χ3n) is 4.26. The summed E-state index contributed by atoms with van der Waals surface area (Å²) in [7, 11) is 0. The zero-order valence-electron chi connectivity index (χ0n) is 15.0. The Kier molecular flexibility index (Phi) is 4.66. The van der Waals surface area contributed by atoms with Crippen LogP contribution in [-0.4, -0.2) is 20.7 Å². The van der Waals surface area contributed by atoms with Crippen LogP contribution in [0.4, 0.5) is 0 Å². The molecular weight excluding hydrogens is 338 g/mol. The number of hydrogen-bond donors (Lipinski definition) is 0. The Hall–Kier alpha value is -3.47. The molecular formula is C22H19N3O2. The highest BCUT2D eigenvalue weighted by atomic mass is 16.5. The topological polar surface area (TPSA) is 57.0 Å². The van der Waals surface area contributed by atoms with Crippen molar-refractivity contribution in [1.29, 1.82) is 0 Å². The van der Waals surface area contributed by atoms with E-state index >= 15 is 0 Å². The minimum Gasteiger partial charge on any atom is -0.427 e. The molecule has 0 atom stereocenters. The standard InChI is InChI=1S/C22H19N3O2/c1-2-7-20(26)27-18-13-11-17(12-14-18)25-22-19(10-6-15-23-22)21(24-25)16-8-4-3-5-9-16/h3-6,8-15H,2,7H2,1H3. The minimum absolute atomic E-state index is 0.220. The molecule has 0 radical (unpaired) electrons. The molecule has 2 aromatic heterocycles. The van der Waals surface area contributed by atoms with Crippen molar-refractivity contribution >= 4 is 17.0 Å². The molecule has 0 aliphatic heterocycles. The minimum atomic E-state index is -0.220. The largest absolute Gasteiger partial charge is 0.427 e. The van der Waals surface area contributed by atoms with E-state index in [0.717, 1.165) is 34.4 Å². The van der Waals surface area contributed by atoms with Gasteiger partial charge < -0.3 is 4.74 Å². The van der Waals surface area contributed by atoms with Crippen LogP contribution in [0.15, 0.2) is 72.9 Å². The zero-order valence-corrected chi connectivity index (χ0v) is 15.0. The molecule has 134 valence electrons. The summed E-state index contributed by atoms with van der Waals surface area (Å²) in [5.74, 6) is 0.313. The number of aromatic nitrogens is 3. The van der Waals surface area contributed by atoms with Crippen molar-refractivity contribution in [3.8, 4) is 22.7 Å². The van der Waals surface area contributed by atoms with Gasteiger partial charge in [0.1, 0.15) is 11.4 Å². The van der Waals surface area contributed by atoms with Gasteiger partial charge >= 0.3 is 5.97 Å². The number of carbonyl (C=O) groups excluding carboxylic acids is 1. The van der Waals surface area contributed by atoms with E-state index in [0.29, 0.717) is 12.2 Å². The van der Waals surface area contributed by atoms with E-state index < -0.39 is 0 Å². The van der Waals surface area contributed by atoms with E-state index in [1.165, 1.54) is 0 Å². The van der Waals surface area contributed by atoms with Crippen LogP contribution in [0.1, 0.15) is 19.8 Å². The lowest BCUT2D eigenvalue weighted by molar-refractivity contribution is -0.134. The van der Waals surface area contributed by atoms with Crippen molar-refractivity contribution in [2.75, 3.05) is 0 Å². The van der Waals surface area contributed by atoms with E-state index in [1.54, 1.807) is 18.3 Å². The van der Waals surface area contributed by atoms with Crippen LogP contribution in [0.2, 0.25) is 0 Å². The molecule has 0 saturated heterocycles. The SMILES string of the molecule is CCCC(=O)Oc1ccc(-n2nc(-c3ccccc3)c3cccnc32)cc1. The number of esters is 1. The van der Waals surface area contributed by atoms with Gasteiger partial charge in [0.15, 0.2) is 5.65 Å². The van der Waals surface area contributed by atoms with Crippen LogP contribution in [0, 0.1) is 0 Å². The number of nitrogens with zero attached hydrogens (tertiary/aromatic N) is 3. The fourth-order valence-electron chi connectivity index (χ4n) is 2.98. The van der Waals surface area contributed by atoms with E-state index in [2.05, 4.69) is 4.98 Å². The van der Waals surface area contributed by atoms with E-state index in [4.69, 9.17) is 9.84 Å². The van der Waals surface area contributed by atoms with Crippen LogP contribution < -0.4 is 4.74 Å². The maximum absolute atomic E-state index is 11.7. The predicted molar refractivity (Wildman–Crippen MR) is 105 cm³/mol. The van der Waals surface area contributed by atoms with Gasteiger partial charge in [-0.15, -0.1) is 0 Å². The summed E-state index contributed by atoms with van der Waals surface area (Å²) in [6.07, 6.45) is 2.94. The third-order valence-corrected chi connectivity index (χ3v) is 4.26. The smallest absolute Gasteiger partial charge is 0.311 e. The first-order valence-electron chi connectivity index (χ1n) is 8.96. The molecule has 0 saturated carbocycles. The third kappa shape index (κ3) is 3.44. The number of carbonyl (C=O) groups is 1. The molecule has 2 aromatic carbocycles. The fourth-order valence-corrected chi connectivity index (χ4v) is 2.98. The van der Waals surface area contributed by atoms with Crippen molar-refractivity contribution in [1.82, 2.24) is 14.8 Å². The average molecular weight is 357 g/mol. The van der Waals surface area contributed by atoms with Crippen LogP contribution >= 0.6 is 0 Å². The molecule has 0 N–H and O–H groups in total. The van der Waals surface area contributed by atoms with E-state index in [9.17, 15) is 4.79 Å². The second-order valence-electron chi connectivity index (χ2n) is 6.22. The molecule has 0 spiro atoms. The normalized spacial score (nSPS) is 10.9. The predicted octanol–water partition coefficient (Wildman–Crippen LogP) is 4.79. The number of rotatable bonds is 5. The molecule has 0 amide bonds. The molecule has 4 rings (SSSR count). The highest BCUT2D eigenvalue weighted by Crippen LogP contribution is 2.28. The second-order valence-corrected chi connectivity index (χ2v) is 6.22. The lowest BCUT2D eigenvalue weighted by Gasteiger charge is -2.06. The lowest BCUT2D eigenvalue weighted by Crippen LogP contribution is -2.07. The van der Waals surface area contributed by atoms with Crippen molar-refractivity contribution in [2.45, 2.75) is 19.8 Å². The molecule has 2 heterocycles. The number of fused-ring (bicyclic) bond motifs is 1. The maximum atomic E-state index is 11.7. The van der Waals surface area contributed by atoms with Gasteiger partial charge in [0, 0.05) is 23.6 Å². The first-order valence-corrected chi connectivity index (χ1v) is 8.96. The number of hydrogen-bond acceptors (Lipinski definition) is 4. The van der Waals surface area contributed by atoms with Crippen LogP contribution in [-0.2, 0) is 4.79 Å². The van der Waals surface area contributed by atoms with Gasteiger partial charge in [0.2, 0.25) is 0 Å². The zero-order chi connectivity index (χ0) is 18.6. The highest BCUT2D eigenvalue weighted by Gasteiger charge is 2.14. The Morgan fingerprint density at radius 1 is 1.00 bits per heavy atom. The Morgan fingerprint density at radius 3 is 2.52 bits per heavy atom. The lowest BCUT2D eigenvalue weighted by atomic mass is 10.1. The van der Waals surface area contributed by atoms with E-state index in [1.807, 2.05) is 66.2 Å². The molecule has 5 nitrogen and oxygen atoms in total. The van der Waals surface area contributed by atoms with Gasteiger partial charge in [-0.05, 0) is 42.8 Å². The molecule has 0 aliphatic carbocycles. The molecule has 0 unspecified atom stereocenters. The Bertz CT molecular complexity index is 1070. The Morgan fingerprint density at radius 2 is 1.78 bits per heavy atom. The first-order chi connectivity index (χ1) is 13.3. The summed E-state index contributed by atoms with van der Waals surface area (Å²) >= 11 is 0. The summed E-state index contributed by atoms with van der Waals surface area (Å²) in [6, 6.07) is 21.3. The van der Waals surface area contributed by atoms with Gasteiger partial charge in [-0.3, -0.25) is 4.79 Å². The molecule has 4 aromatic rings. The molecule has 0 fully saturated rings. The quantitative estimate of drug-likeness (QED) is 0.380. The van der Waals surface area contributed by atoms with Gasteiger partial charge in [0.25, 0.3) is 0 Å². The van der Waals surface area contributed by atoms with Crippen LogP contribution in [0.25, 0.3) is 28.0 Å².